The predicted molar refractivity (Wildman–Crippen MR) is 31.2 cm³/mol. The first kappa shape index (κ1) is 9.74. The standard InChI is InChI=1S/C6H9NO2.Li/c8-6(9)5-3-1-2-4-7-5;/h1-4H2,(H,8,9);/q;+1/p-1. The minimum absolute atomic E-state index is 0. The molecule has 4 heteroatoms. The number of nitrogens with zero attached hydrogens (tertiary/aromatic N) is 1. The van der Waals surface area contributed by atoms with Gasteiger partial charge in [0.05, 0.1) is 11.7 Å². The van der Waals surface area contributed by atoms with Crippen molar-refractivity contribution in [2.24, 2.45) is 4.99 Å². The molecule has 0 saturated heterocycles. The van der Waals surface area contributed by atoms with E-state index in [4.69, 9.17) is 0 Å². The van der Waals surface area contributed by atoms with Gasteiger partial charge in [-0.1, -0.05) is 0 Å². The molecule has 0 N–H and O–H groups in total. The van der Waals surface area contributed by atoms with Gasteiger partial charge in [0.15, 0.2) is 0 Å². The molecule has 0 fully saturated rings. The number of aliphatic carboxylic acids is 1. The summed E-state index contributed by atoms with van der Waals surface area (Å²) in [6.45, 7) is 0.656. The summed E-state index contributed by atoms with van der Waals surface area (Å²) in [7, 11) is 0. The Bertz CT molecular complexity index is 156. The van der Waals surface area contributed by atoms with Gasteiger partial charge >= 0.3 is 18.9 Å². The maximum atomic E-state index is 10.1. The Hall–Kier alpha value is -0.263. The van der Waals surface area contributed by atoms with E-state index in [2.05, 4.69) is 4.99 Å². The van der Waals surface area contributed by atoms with Crippen molar-refractivity contribution in [2.75, 3.05) is 6.54 Å². The quantitative estimate of drug-likeness (QED) is 0.346. The molecule has 3 nitrogen and oxygen atoms in total. The summed E-state index contributed by atoms with van der Waals surface area (Å²) in [5.41, 5.74) is 0.237. The Kier molecular flexibility index (Phi) is 4.42. The molecule has 0 aliphatic carbocycles. The van der Waals surface area contributed by atoms with Crippen LogP contribution in [0.25, 0.3) is 0 Å². The topological polar surface area (TPSA) is 52.5 Å². The van der Waals surface area contributed by atoms with Gasteiger partial charge in [-0.25, -0.2) is 0 Å². The number of aliphatic imine (C=N–C) groups is 1. The number of hydrogen-bond donors (Lipinski definition) is 0. The molecule has 1 rings (SSSR count). The van der Waals surface area contributed by atoms with Crippen LogP contribution in [0.5, 0.6) is 0 Å². The second-order valence-electron chi connectivity index (χ2n) is 2.07. The summed E-state index contributed by atoms with van der Waals surface area (Å²) in [6, 6.07) is 0. The maximum Gasteiger partial charge on any atom is 1.00 e. The fourth-order valence-corrected chi connectivity index (χ4v) is 0.864. The molecule has 0 saturated carbocycles. The molecule has 0 spiro atoms. The van der Waals surface area contributed by atoms with E-state index in [9.17, 15) is 9.90 Å². The fourth-order valence-electron chi connectivity index (χ4n) is 0.864. The zero-order valence-electron chi connectivity index (χ0n) is 6.09. The van der Waals surface area contributed by atoms with Crippen molar-refractivity contribution in [3.05, 3.63) is 0 Å². The number of rotatable bonds is 1. The van der Waals surface area contributed by atoms with Crippen LogP contribution >= 0.6 is 0 Å². The third-order valence-corrected chi connectivity index (χ3v) is 1.36. The smallest absolute Gasteiger partial charge is 0.544 e. The Labute approximate surface area is 71.7 Å². The fraction of sp³-hybridized carbons (Fsp3) is 0.667. The zero-order chi connectivity index (χ0) is 6.69. The molecule has 0 atom stereocenters. The van der Waals surface area contributed by atoms with Crippen molar-refractivity contribution in [1.82, 2.24) is 0 Å². The van der Waals surface area contributed by atoms with Gasteiger partial charge < -0.3 is 9.90 Å². The number of carbonyl (C=O) groups is 1. The summed E-state index contributed by atoms with van der Waals surface area (Å²) in [6.07, 6.45) is 2.53. The van der Waals surface area contributed by atoms with Crippen molar-refractivity contribution >= 4 is 11.7 Å². The number of carboxylic acids is 1. The molecule has 1 aliphatic heterocycles. The SMILES string of the molecule is O=C([O-])C1=NCCCC1.[Li+]. The summed E-state index contributed by atoms with van der Waals surface area (Å²) in [4.78, 5) is 13.9. The minimum Gasteiger partial charge on any atom is -0.544 e. The zero-order valence-corrected chi connectivity index (χ0v) is 6.09. The molecule has 0 aromatic rings. The summed E-state index contributed by atoms with van der Waals surface area (Å²) >= 11 is 0. The van der Waals surface area contributed by atoms with E-state index in [1.54, 1.807) is 0 Å². The van der Waals surface area contributed by atoms with Crippen LogP contribution in [0.4, 0.5) is 0 Å². The van der Waals surface area contributed by atoms with E-state index in [0.29, 0.717) is 13.0 Å². The third kappa shape index (κ3) is 2.55. The van der Waals surface area contributed by atoms with Gasteiger partial charge in [0, 0.05) is 6.54 Å². The van der Waals surface area contributed by atoms with E-state index < -0.39 is 5.97 Å². The Morgan fingerprint density at radius 3 is 2.50 bits per heavy atom. The monoisotopic (exact) mass is 133 g/mol. The summed E-state index contributed by atoms with van der Waals surface area (Å²) < 4.78 is 0. The van der Waals surface area contributed by atoms with Crippen LogP contribution in [0.3, 0.4) is 0 Å². The van der Waals surface area contributed by atoms with E-state index in [1.165, 1.54) is 0 Å². The molecule has 1 aliphatic rings. The van der Waals surface area contributed by atoms with Gasteiger partial charge in [0.2, 0.25) is 0 Å². The molecule has 0 bridgehead atoms. The molecule has 0 unspecified atom stereocenters. The second-order valence-corrected chi connectivity index (χ2v) is 2.07. The molecule has 0 aromatic heterocycles. The Morgan fingerprint density at radius 2 is 2.20 bits per heavy atom. The molecule has 0 amide bonds. The summed E-state index contributed by atoms with van der Waals surface area (Å²) in [5, 5.41) is 10.1. The van der Waals surface area contributed by atoms with E-state index in [1.807, 2.05) is 0 Å². The normalized spacial score (nSPS) is 17.0. The van der Waals surface area contributed by atoms with E-state index in [0.717, 1.165) is 12.8 Å². The van der Waals surface area contributed by atoms with Crippen LogP contribution in [0.2, 0.25) is 0 Å². The number of carbonyl (C=O) groups excluding carboxylic acids is 1. The van der Waals surface area contributed by atoms with Crippen molar-refractivity contribution in [3.63, 3.8) is 0 Å². The third-order valence-electron chi connectivity index (χ3n) is 1.36. The minimum atomic E-state index is -1.10. The van der Waals surface area contributed by atoms with Crippen LogP contribution in [-0.4, -0.2) is 18.2 Å². The maximum absolute atomic E-state index is 10.1. The van der Waals surface area contributed by atoms with Gasteiger partial charge in [-0.15, -0.1) is 0 Å². The van der Waals surface area contributed by atoms with Crippen LogP contribution in [-0.2, 0) is 4.79 Å². The molecule has 0 radical (unpaired) electrons. The summed E-state index contributed by atoms with van der Waals surface area (Å²) in [5.74, 6) is -1.10. The van der Waals surface area contributed by atoms with Gasteiger partial charge in [0.1, 0.15) is 0 Å². The average molecular weight is 133 g/mol. The van der Waals surface area contributed by atoms with Crippen LogP contribution in [0.15, 0.2) is 4.99 Å². The molecule has 50 valence electrons. The molecule has 10 heavy (non-hydrogen) atoms. The number of hydrogen-bond acceptors (Lipinski definition) is 3. The van der Waals surface area contributed by atoms with Crippen molar-refractivity contribution < 1.29 is 28.8 Å². The Morgan fingerprint density at radius 1 is 1.50 bits per heavy atom. The first-order valence-corrected chi connectivity index (χ1v) is 3.05. The number of carboxylic acid groups (broad SMARTS) is 1. The molecule has 0 aromatic carbocycles. The van der Waals surface area contributed by atoms with Gasteiger partial charge in [-0.2, -0.15) is 0 Å². The van der Waals surface area contributed by atoms with E-state index in [-0.39, 0.29) is 24.6 Å². The largest absolute Gasteiger partial charge is 1.00 e. The van der Waals surface area contributed by atoms with Gasteiger partial charge in [-0.05, 0) is 19.3 Å². The van der Waals surface area contributed by atoms with Crippen LogP contribution in [0.1, 0.15) is 19.3 Å². The average Bonchev–Trinajstić information content (AvgIpc) is 1.90. The van der Waals surface area contributed by atoms with Crippen molar-refractivity contribution in [2.45, 2.75) is 19.3 Å². The molecular weight excluding hydrogens is 125 g/mol. The van der Waals surface area contributed by atoms with Crippen LogP contribution < -0.4 is 24.0 Å². The van der Waals surface area contributed by atoms with Gasteiger partial charge in [0.25, 0.3) is 0 Å². The van der Waals surface area contributed by atoms with Crippen LogP contribution in [0, 0.1) is 0 Å². The Balaban J connectivity index is 0.000000810. The van der Waals surface area contributed by atoms with Crippen molar-refractivity contribution in [1.29, 1.82) is 0 Å². The first-order chi connectivity index (χ1) is 4.30. The second kappa shape index (κ2) is 4.54. The van der Waals surface area contributed by atoms with E-state index >= 15 is 0 Å². The molecule has 1 heterocycles. The first-order valence-electron chi connectivity index (χ1n) is 3.05. The van der Waals surface area contributed by atoms with Crippen molar-refractivity contribution in [3.8, 4) is 0 Å². The predicted octanol–water partition coefficient (Wildman–Crippen LogP) is -3.63. The molecular formula is C6H8LiNO2. The van der Waals surface area contributed by atoms with Gasteiger partial charge in [-0.3, -0.25) is 4.99 Å².